The van der Waals surface area contributed by atoms with Gasteiger partial charge in [-0.3, -0.25) is 19.6 Å². The highest BCUT2D eigenvalue weighted by Gasteiger charge is 2.17. The number of anilines is 1. The Morgan fingerprint density at radius 3 is 2.70 bits per heavy atom. The summed E-state index contributed by atoms with van der Waals surface area (Å²) < 4.78 is 21.7. The topological polar surface area (TPSA) is 117 Å². The van der Waals surface area contributed by atoms with Crippen LogP contribution in [0.3, 0.4) is 0 Å². The average Bonchev–Trinajstić information content (AvgIpc) is 3.43. The summed E-state index contributed by atoms with van der Waals surface area (Å²) in [6, 6.07) is 14.0. The van der Waals surface area contributed by atoms with Crippen LogP contribution in [-0.2, 0) is 13.3 Å². The third-order valence-corrected chi connectivity index (χ3v) is 4.82. The number of carbonyl (C=O) groups excluding carboxylic acids is 1. The van der Waals surface area contributed by atoms with E-state index in [1.165, 1.54) is 16.9 Å². The molecule has 0 radical (unpaired) electrons. The maximum atomic E-state index is 13.4. The molecule has 0 fully saturated rings. The summed E-state index contributed by atoms with van der Waals surface area (Å²) in [7, 11) is 0. The number of nitrogens with one attached hydrogen (secondary N) is 1. The molecule has 1 amide bonds. The predicted octanol–water partition coefficient (Wildman–Crippen LogP) is 3.77. The summed E-state index contributed by atoms with van der Waals surface area (Å²) in [5, 5.41) is 22.2. The van der Waals surface area contributed by atoms with E-state index in [1.807, 2.05) is 31.2 Å². The Balaban J connectivity index is 1.37. The predicted molar refractivity (Wildman–Crippen MR) is 116 cm³/mol. The number of hydrogen-bond donors (Lipinski definition) is 1. The number of rotatable bonds is 8. The van der Waals surface area contributed by atoms with Gasteiger partial charge in [0, 0.05) is 30.6 Å². The van der Waals surface area contributed by atoms with Gasteiger partial charge in [0.15, 0.2) is 18.2 Å². The van der Waals surface area contributed by atoms with Gasteiger partial charge < -0.3 is 10.1 Å². The van der Waals surface area contributed by atoms with E-state index in [9.17, 15) is 19.3 Å². The minimum absolute atomic E-state index is 0.0980. The summed E-state index contributed by atoms with van der Waals surface area (Å²) in [5.74, 6) is -1.01. The number of nitro groups is 1. The van der Waals surface area contributed by atoms with Crippen molar-refractivity contribution in [3.05, 3.63) is 99.7 Å². The maximum Gasteiger partial charge on any atom is 0.311 e. The number of nitrogens with zero attached hydrogens (tertiary/aromatic N) is 5. The fourth-order valence-corrected chi connectivity index (χ4v) is 3.10. The van der Waals surface area contributed by atoms with Crippen LogP contribution in [0.15, 0.2) is 67.0 Å². The molecule has 2 aromatic carbocycles. The highest BCUT2D eigenvalue weighted by Crippen LogP contribution is 2.27. The summed E-state index contributed by atoms with van der Waals surface area (Å²) in [6.07, 6.45) is 3.23. The maximum absolute atomic E-state index is 13.4. The lowest BCUT2D eigenvalue weighted by molar-refractivity contribution is -0.386. The first-order valence-electron chi connectivity index (χ1n) is 9.88. The zero-order chi connectivity index (χ0) is 23.4. The number of carbonyl (C=O) groups is 1. The monoisotopic (exact) mass is 450 g/mol. The van der Waals surface area contributed by atoms with Crippen LogP contribution in [0.5, 0.6) is 5.75 Å². The van der Waals surface area contributed by atoms with E-state index in [0.717, 1.165) is 29.3 Å². The van der Waals surface area contributed by atoms with Crippen LogP contribution in [0.1, 0.15) is 21.6 Å². The first kappa shape index (κ1) is 21.7. The molecule has 0 saturated carbocycles. The van der Waals surface area contributed by atoms with E-state index in [2.05, 4.69) is 15.5 Å². The van der Waals surface area contributed by atoms with Gasteiger partial charge in [-0.25, -0.2) is 9.07 Å². The molecule has 4 aromatic rings. The Hall–Kier alpha value is -4.54. The Morgan fingerprint density at radius 2 is 1.91 bits per heavy atom. The van der Waals surface area contributed by atoms with Crippen molar-refractivity contribution in [3.63, 3.8) is 0 Å². The van der Waals surface area contributed by atoms with Gasteiger partial charge in [0.25, 0.3) is 5.91 Å². The number of aryl methyl sites for hydroxylation is 1. The molecule has 168 valence electrons. The van der Waals surface area contributed by atoms with Crippen LogP contribution in [0.4, 0.5) is 15.9 Å². The molecule has 0 saturated heterocycles. The van der Waals surface area contributed by atoms with Gasteiger partial charge >= 0.3 is 5.69 Å². The van der Waals surface area contributed by atoms with Gasteiger partial charge in [-0.05, 0) is 30.2 Å². The van der Waals surface area contributed by atoms with Crippen LogP contribution in [0.2, 0.25) is 0 Å². The van der Waals surface area contributed by atoms with E-state index in [0.29, 0.717) is 12.4 Å². The SMILES string of the molecule is Cc1ccccc1Cn1ccc(NC(=O)c2ccn(COc3cc(F)ccc3[N+](=O)[O-])n2)n1. The third kappa shape index (κ3) is 5.21. The molecule has 4 rings (SSSR count). The van der Waals surface area contributed by atoms with Crippen LogP contribution in [0, 0.1) is 22.9 Å². The van der Waals surface area contributed by atoms with Crippen LogP contribution in [0.25, 0.3) is 0 Å². The molecule has 1 N–H and O–H groups in total. The number of halogens is 1. The molecule has 33 heavy (non-hydrogen) atoms. The van der Waals surface area contributed by atoms with Gasteiger partial charge in [0.05, 0.1) is 11.5 Å². The van der Waals surface area contributed by atoms with Crippen molar-refractivity contribution in [2.45, 2.75) is 20.2 Å². The van der Waals surface area contributed by atoms with Gasteiger partial charge in [-0.1, -0.05) is 24.3 Å². The second-order valence-corrected chi connectivity index (χ2v) is 7.16. The molecule has 0 aliphatic rings. The van der Waals surface area contributed by atoms with Gasteiger partial charge in [-0.15, -0.1) is 0 Å². The molecule has 2 aromatic heterocycles. The van der Waals surface area contributed by atoms with E-state index in [4.69, 9.17) is 4.74 Å². The number of hydrogen-bond acceptors (Lipinski definition) is 6. The average molecular weight is 450 g/mol. The third-order valence-electron chi connectivity index (χ3n) is 4.82. The largest absolute Gasteiger partial charge is 0.464 e. The van der Waals surface area contributed by atoms with E-state index >= 15 is 0 Å². The molecule has 11 heteroatoms. The summed E-state index contributed by atoms with van der Waals surface area (Å²) in [6.45, 7) is 2.34. The Bertz CT molecular complexity index is 1320. The molecule has 0 aliphatic heterocycles. The molecule has 0 aliphatic carbocycles. The standard InChI is InChI=1S/C22H19FN6O4/c1-15-4-2-3-5-16(15)13-27-11-9-21(26-27)24-22(30)18-8-10-28(25-18)14-33-20-12-17(23)6-7-19(20)29(31)32/h2-12H,13-14H2,1H3,(H,24,26,30). The number of nitro benzene ring substituents is 1. The number of amides is 1. The fourth-order valence-electron chi connectivity index (χ4n) is 3.10. The lowest BCUT2D eigenvalue weighted by Crippen LogP contribution is -2.15. The summed E-state index contributed by atoms with van der Waals surface area (Å²) >= 11 is 0. The highest BCUT2D eigenvalue weighted by molar-refractivity contribution is 6.02. The first-order chi connectivity index (χ1) is 15.9. The van der Waals surface area contributed by atoms with Crippen molar-refractivity contribution < 1.29 is 18.8 Å². The number of ether oxygens (including phenoxy) is 1. The van der Waals surface area contributed by atoms with Crippen LogP contribution >= 0.6 is 0 Å². The second kappa shape index (κ2) is 9.30. The minimum atomic E-state index is -0.672. The molecule has 2 heterocycles. The van der Waals surface area contributed by atoms with E-state index in [-0.39, 0.29) is 23.9 Å². The van der Waals surface area contributed by atoms with Crippen LogP contribution in [-0.4, -0.2) is 30.4 Å². The summed E-state index contributed by atoms with van der Waals surface area (Å²) in [5.41, 5.74) is 1.99. The number of benzene rings is 2. The summed E-state index contributed by atoms with van der Waals surface area (Å²) in [4.78, 5) is 22.9. The molecule has 0 unspecified atom stereocenters. The van der Waals surface area contributed by atoms with Crippen molar-refractivity contribution in [2.24, 2.45) is 0 Å². The van der Waals surface area contributed by atoms with Gasteiger partial charge in [0.2, 0.25) is 5.75 Å². The van der Waals surface area contributed by atoms with E-state index in [1.54, 1.807) is 16.9 Å². The minimum Gasteiger partial charge on any atom is -0.464 e. The molecule has 0 spiro atoms. The van der Waals surface area contributed by atoms with Crippen molar-refractivity contribution in [1.29, 1.82) is 0 Å². The Labute approximate surface area is 187 Å². The smallest absolute Gasteiger partial charge is 0.311 e. The van der Waals surface area contributed by atoms with Gasteiger partial charge in [-0.2, -0.15) is 10.2 Å². The highest BCUT2D eigenvalue weighted by atomic mass is 19.1. The van der Waals surface area contributed by atoms with Crippen molar-refractivity contribution in [2.75, 3.05) is 5.32 Å². The fraction of sp³-hybridized carbons (Fsp3) is 0.136. The molecule has 0 atom stereocenters. The lowest BCUT2D eigenvalue weighted by Gasteiger charge is -2.07. The number of aromatic nitrogens is 4. The zero-order valence-corrected chi connectivity index (χ0v) is 17.5. The van der Waals surface area contributed by atoms with Gasteiger partial charge in [0.1, 0.15) is 5.82 Å². The second-order valence-electron chi connectivity index (χ2n) is 7.16. The van der Waals surface area contributed by atoms with E-state index < -0.39 is 16.6 Å². The molecular weight excluding hydrogens is 431 g/mol. The quantitative estimate of drug-likeness (QED) is 0.323. The first-order valence-corrected chi connectivity index (χ1v) is 9.88. The molecular formula is C22H19FN6O4. The lowest BCUT2D eigenvalue weighted by atomic mass is 10.1. The van der Waals surface area contributed by atoms with Crippen LogP contribution < -0.4 is 10.1 Å². The van der Waals surface area contributed by atoms with Crippen molar-refractivity contribution in [3.8, 4) is 5.75 Å². The van der Waals surface area contributed by atoms with Crippen molar-refractivity contribution >= 4 is 17.4 Å². The molecule has 0 bridgehead atoms. The molecule has 10 nitrogen and oxygen atoms in total. The Morgan fingerprint density at radius 1 is 1.12 bits per heavy atom. The zero-order valence-electron chi connectivity index (χ0n) is 17.5. The van der Waals surface area contributed by atoms with Crippen molar-refractivity contribution in [1.82, 2.24) is 19.6 Å². The normalized spacial score (nSPS) is 10.7. The Kier molecular flexibility index (Phi) is 6.11.